The number of hydrogen-bond acceptors (Lipinski definition) is 5. The molecule has 2 amide bonds. The van der Waals surface area contributed by atoms with Crippen LogP contribution in [0.3, 0.4) is 0 Å². The molecule has 0 spiro atoms. The van der Waals surface area contributed by atoms with E-state index in [-0.39, 0.29) is 17.1 Å². The van der Waals surface area contributed by atoms with Crippen LogP contribution in [0.4, 0.5) is 10.8 Å². The van der Waals surface area contributed by atoms with E-state index < -0.39 is 0 Å². The van der Waals surface area contributed by atoms with Crippen LogP contribution in [0.5, 0.6) is 0 Å². The third kappa shape index (κ3) is 4.04. The number of amides is 2. The summed E-state index contributed by atoms with van der Waals surface area (Å²) in [5.74, 6) is -0.119. The Kier molecular flexibility index (Phi) is 4.96. The van der Waals surface area contributed by atoms with Gasteiger partial charge in [0.05, 0.1) is 10.9 Å². The van der Waals surface area contributed by atoms with Crippen LogP contribution in [0.25, 0.3) is 11.3 Å². The Bertz CT molecular complexity index is 973. The van der Waals surface area contributed by atoms with Crippen LogP contribution in [-0.4, -0.2) is 22.0 Å². The van der Waals surface area contributed by atoms with Gasteiger partial charge in [-0.25, -0.2) is 4.98 Å². The second-order valence-corrected chi connectivity index (χ2v) is 8.31. The number of nitrogens with zero attached hydrogens (tertiary/aromatic N) is 1. The van der Waals surface area contributed by atoms with E-state index in [2.05, 4.69) is 27.8 Å². The molecule has 0 bridgehead atoms. The van der Waals surface area contributed by atoms with Gasteiger partial charge in [-0.05, 0) is 30.2 Å². The van der Waals surface area contributed by atoms with Crippen molar-refractivity contribution in [1.82, 2.24) is 4.98 Å². The number of thioether (sulfide) groups is 1. The highest BCUT2D eigenvalue weighted by Crippen LogP contribution is 2.37. The molecule has 5 nitrogen and oxygen atoms in total. The first-order chi connectivity index (χ1) is 13.1. The Hall–Kier alpha value is -2.64. The van der Waals surface area contributed by atoms with Crippen molar-refractivity contribution < 1.29 is 9.59 Å². The minimum absolute atomic E-state index is 0.0156. The molecule has 2 heterocycles. The zero-order chi connectivity index (χ0) is 18.8. The van der Waals surface area contributed by atoms with E-state index in [9.17, 15) is 9.59 Å². The van der Waals surface area contributed by atoms with E-state index in [1.54, 1.807) is 11.8 Å². The minimum atomic E-state index is -0.119. The van der Waals surface area contributed by atoms with Gasteiger partial charge in [-0.15, -0.1) is 23.1 Å². The van der Waals surface area contributed by atoms with E-state index in [1.807, 2.05) is 41.8 Å². The Balaban J connectivity index is 1.41. The maximum absolute atomic E-state index is 12.6. The van der Waals surface area contributed by atoms with Crippen molar-refractivity contribution >= 4 is 45.7 Å². The Morgan fingerprint density at radius 2 is 1.85 bits per heavy atom. The van der Waals surface area contributed by atoms with Crippen molar-refractivity contribution in [3.63, 3.8) is 0 Å². The average molecular weight is 396 g/mol. The zero-order valence-corrected chi connectivity index (χ0v) is 16.2. The highest BCUT2D eigenvalue weighted by Gasteiger charge is 2.28. The van der Waals surface area contributed by atoms with Crippen LogP contribution in [0.1, 0.15) is 12.5 Å². The minimum Gasteiger partial charge on any atom is -0.326 e. The summed E-state index contributed by atoms with van der Waals surface area (Å²) >= 11 is 3.01. The van der Waals surface area contributed by atoms with Crippen LogP contribution in [0.2, 0.25) is 0 Å². The molecule has 0 saturated carbocycles. The topological polar surface area (TPSA) is 71.1 Å². The molecule has 3 aromatic rings. The Morgan fingerprint density at radius 1 is 1.07 bits per heavy atom. The summed E-state index contributed by atoms with van der Waals surface area (Å²) in [5, 5.41) is 8.07. The van der Waals surface area contributed by atoms with Gasteiger partial charge in [-0.1, -0.05) is 30.3 Å². The lowest BCUT2D eigenvalue weighted by Gasteiger charge is -2.07. The van der Waals surface area contributed by atoms with E-state index >= 15 is 0 Å². The molecule has 2 aromatic carbocycles. The molecule has 0 fully saturated rings. The molecule has 0 saturated heterocycles. The lowest BCUT2D eigenvalue weighted by atomic mass is 10.1. The lowest BCUT2D eigenvalue weighted by molar-refractivity contribution is -0.116. The van der Waals surface area contributed by atoms with Crippen LogP contribution in [-0.2, 0) is 16.0 Å². The van der Waals surface area contributed by atoms with Crippen LogP contribution >= 0.6 is 23.1 Å². The van der Waals surface area contributed by atoms with E-state index in [0.717, 1.165) is 23.4 Å². The van der Waals surface area contributed by atoms with Crippen molar-refractivity contribution in [2.24, 2.45) is 0 Å². The third-order valence-corrected chi connectivity index (χ3v) is 6.25. The number of carbonyl (C=O) groups is 2. The molecule has 0 aliphatic carbocycles. The van der Waals surface area contributed by atoms with Crippen molar-refractivity contribution in [3.8, 4) is 11.3 Å². The summed E-state index contributed by atoms with van der Waals surface area (Å²) < 4.78 is 0. The number of fused-ring (bicyclic) bond motifs is 1. The van der Waals surface area contributed by atoms with Crippen LogP contribution < -0.4 is 10.6 Å². The molecule has 4 rings (SSSR count). The fourth-order valence-electron chi connectivity index (χ4n) is 2.91. The Morgan fingerprint density at radius 3 is 2.59 bits per heavy atom. The normalized spacial score (nSPS) is 15.2. The SMILES string of the molecule is CC(=O)Nc1ccc(-c2csc(NC(=O)[C@H]3Cc4ccccc4S3)n2)cc1. The van der Waals surface area contributed by atoms with Gasteiger partial charge in [-0.2, -0.15) is 0 Å². The van der Waals surface area contributed by atoms with Gasteiger partial charge in [0.25, 0.3) is 0 Å². The van der Waals surface area contributed by atoms with Crippen molar-refractivity contribution in [1.29, 1.82) is 0 Å². The van der Waals surface area contributed by atoms with Gasteiger partial charge in [0.15, 0.2) is 5.13 Å². The molecule has 136 valence electrons. The van der Waals surface area contributed by atoms with Gasteiger partial charge in [0.1, 0.15) is 0 Å². The van der Waals surface area contributed by atoms with Gasteiger partial charge < -0.3 is 10.6 Å². The van der Waals surface area contributed by atoms with Gasteiger partial charge in [0.2, 0.25) is 11.8 Å². The summed E-state index contributed by atoms with van der Waals surface area (Å²) in [6.07, 6.45) is 0.746. The molecule has 1 aliphatic heterocycles. The van der Waals surface area contributed by atoms with Gasteiger partial charge >= 0.3 is 0 Å². The summed E-state index contributed by atoms with van der Waals surface area (Å²) in [5.41, 5.74) is 3.70. The van der Waals surface area contributed by atoms with Crippen molar-refractivity contribution in [3.05, 3.63) is 59.5 Å². The lowest BCUT2D eigenvalue weighted by Crippen LogP contribution is -2.24. The number of thiazole rings is 1. The van der Waals surface area contributed by atoms with Gasteiger partial charge in [-0.3, -0.25) is 9.59 Å². The predicted octanol–water partition coefficient (Wildman–Crippen LogP) is 4.42. The number of anilines is 2. The molecule has 7 heteroatoms. The number of nitrogens with one attached hydrogen (secondary N) is 2. The van der Waals surface area contributed by atoms with E-state index in [1.165, 1.54) is 28.7 Å². The molecule has 27 heavy (non-hydrogen) atoms. The zero-order valence-electron chi connectivity index (χ0n) is 14.6. The molecular weight excluding hydrogens is 378 g/mol. The quantitative estimate of drug-likeness (QED) is 0.686. The third-order valence-electron chi connectivity index (χ3n) is 4.17. The van der Waals surface area contributed by atoms with Crippen LogP contribution in [0.15, 0.2) is 58.8 Å². The highest BCUT2D eigenvalue weighted by atomic mass is 32.2. The molecule has 0 radical (unpaired) electrons. The second kappa shape index (κ2) is 7.54. The maximum Gasteiger partial charge on any atom is 0.239 e. The predicted molar refractivity (Wildman–Crippen MR) is 110 cm³/mol. The smallest absolute Gasteiger partial charge is 0.239 e. The van der Waals surface area contributed by atoms with Crippen molar-refractivity contribution in [2.45, 2.75) is 23.5 Å². The van der Waals surface area contributed by atoms with Crippen LogP contribution in [0, 0.1) is 0 Å². The Labute approximate surface area is 165 Å². The number of hydrogen-bond donors (Lipinski definition) is 2. The standard InChI is InChI=1S/C20H17N3O2S2/c1-12(24)21-15-8-6-13(7-9-15)16-11-26-20(22-16)23-19(25)18-10-14-4-2-3-5-17(14)27-18/h2-9,11,18H,10H2,1H3,(H,21,24)(H,22,23,25)/t18-/m1/s1. The summed E-state index contributed by atoms with van der Waals surface area (Å²) in [6.45, 7) is 1.48. The first-order valence-electron chi connectivity index (χ1n) is 8.47. The largest absolute Gasteiger partial charge is 0.326 e. The monoisotopic (exact) mass is 395 g/mol. The number of rotatable bonds is 4. The molecule has 1 aromatic heterocycles. The second-order valence-electron chi connectivity index (χ2n) is 6.20. The maximum atomic E-state index is 12.6. The molecule has 1 atom stereocenters. The van der Waals surface area contributed by atoms with E-state index in [0.29, 0.717) is 5.13 Å². The summed E-state index contributed by atoms with van der Waals surface area (Å²) in [4.78, 5) is 29.4. The summed E-state index contributed by atoms with van der Waals surface area (Å²) in [7, 11) is 0. The molecule has 0 unspecified atom stereocenters. The fourth-order valence-corrected chi connectivity index (χ4v) is 4.82. The average Bonchev–Trinajstić information content (AvgIpc) is 3.28. The first kappa shape index (κ1) is 17.8. The van der Waals surface area contributed by atoms with E-state index in [4.69, 9.17) is 0 Å². The molecule has 2 N–H and O–H groups in total. The first-order valence-corrected chi connectivity index (χ1v) is 10.2. The van der Waals surface area contributed by atoms with Crippen molar-refractivity contribution in [2.75, 3.05) is 10.6 Å². The molecule has 1 aliphatic rings. The van der Waals surface area contributed by atoms with Gasteiger partial charge in [0, 0.05) is 28.5 Å². The molecular formula is C20H17N3O2S2. The highest BCUT2D eigenvalue weighted by molar-refractivity contribution is 8.01. The summed E-state index contributed by atoms with van der Waals surface area (Å²) in [6, 6.07) is 15.6. The number of benzene rings is 2. The fraction of sp³-hybridized carbons (Fsp3) is 0.150. The number of aromatic nitrogens is 1. The number of carbonyl (C=O) groups excluding carboxylic acids is 2.